The molecule has 0 bridgehead atoms. The third-order valence-corrected chi connectivity index (χ3v) is 4.66. The van der Waals surface area contributed by atoms with Gasteiger partial charge in [0.1, 0.15) is 9.39 Å². The molecule has 0 amide bonds. The quantitative estimate of drug-likeness (QED) is 0.616. The lowest BCUT2D eigenvalue weighted by atomic mass is 10.2. The number of aromatic nitrogens is 2. The van der Waals surface area contributed by atoms with E-state index in [0.717, 1.165) is 11.3 Å². The van der Waals surface area contributed by atoms with Crippen LogP contribution < -0.4 is 5.56 Å². The summed E-state index contributed by atoms with van der Waals surface area (Å²) in [6.07, 6.45) is 0. The molecule has 0 unspecified atom stereocenters. The standard InChI is InChI=1S/C14H15IN2O2S/c1-3-20-10-6-4-9(5-7-10)13-16-11(8-19-2)12(15)14(18)17-13/h4-7H,3,8H2,1-2H3,(H,16,17,18). The molecule has 20 heavy (non-hydrogen) atoms. The number of benzene rings is 1. The van der Waals surface area contributed by atoms with Crippen molar-refractivity contribution in [2.45, 2.75) is 18.4 Å². The van der Waals surface area contributed by atoms with Crippen LogP contribution in [0.5, 0.6) is 0 Å². The van der Waals surface area contributed by atoms with Crippen LogP contribution in [0.4, 0.5) is 0 Å². The molecular weight excluding hydrogens is 387 g/mol. The lowest BCUT2D eigenvalue weighted by molar-refractivity contribution is 0.180. The molecule has 4 nitrogen and oxygen atoms in total. The van der Waals surface area contributed by atoms with E-state index in [-0.39, 0.29) is 5.56 Å². The van der Waals surface area contributed by atoms with Crippen LogP contribution in [0.3, 0.4) is 0 Å². The molecule has 0 saturated heterocycles. The first-order valence-corrected chi connectivity index (χ1v) is 8.23. The van der Waals surface area contributed by atoms with Gasteiger partial charge < -0.3 is 9.72 Å². The summed E-state index contributed by atoms with van der Waals surface area (Å²) in [5.74, 6) is 1.62. The number of aromatic amines is 1. The summed E-state index contributed by atoms with van der Waals surface area (Å²) in [5.41, 5.74) is 1.44. The van der Waals surface area contributed by atoms with Gasteiger partial charge in [-0.15, -0.1) is 11.8 Å². The second kappa shape index (κ2) is 7.24. The topological polar surface area (TPSA) is 55.0 Å². The monoisotopic (exact) mass is 402 g/mol. The number of thioether (sulfide) groups is 1. The molecule has 0 spiro atoms. The Kier molecular flexibility index (Phi) is 5.62. The van der Waals surface area contributed by atoms with Gasteiger partial charge in [0.25, 0.3) is 5.56 Å². The number of methoxy groups -OCH3 is 1. The summed E-state index contributed by atoms with van der Waals surface area (Å²) < 4.78 is 5.66. The summed E-state index contributed by atoms with van der Waals surface area (Å²) in [6.45, 7) is 2.45. The Hall–Kier alpha value is -0.860. The smallest absolute Gasteiger partial charge is 0.264 e. The van der Waals surface area contributed by atoms with Crippen molar-refractivity contribution in [2.75, 3.05) is 12.9 Å². The van der Waals surface area contributed by atoms with Crippen molar-refractivity contribution in [1.82, 2.24) is 9.97 Å². The van der Waals surface area contributed by atoms with Crippen LogP contribution in [0, 0.1) is 3.57 Å². The van der Waals surface area contributed by atoms with Crippen LogP contribution in [0.15, 0.2) is 34.0 Å². The first kappa shape index (κ1) is 15.5. The Morgan fingerprint density at radius 3 is 2.65 bits per heavy atom. The Labute approximate surface area is 135 Å². The molecule has 0 aliphatic rings. The molecule has 106 valence electrons. The summed E-state index contributed by atoms with van der Waals surface area (Å²) >= 11 is 3.77. The van der Waals surface area contributed by atoms with Crippen LogP contribution in [0.25, 0.3) is 11.4 Å². The van der Waals surface area contributed by atoms with Crippen molar-refractivity contribution < 1.29 is 4.74 Å². The van der Waals surface area contributed by atoms with Gasteiger partial charge >= 0.3 is 0 Å². The molecule has 6 heteroatoms. The highest BCUT2D eigenvalue weighted by atomic mass is 127. The molecule has 0 aliphatic carbocycles. The first-order valence-electron chi connectivity index (χ1n) is 6.16. The highest BCUT2D eigenvalue weighted by Gasteiger charge is 2.10. The van der Waals surface area contributed by atoms with E-state index in [0.29, 0.717) is 21.7 Å². The molecule has 0 saturated carbocycles. The van der Waals surface area contributed by atoms with E-state index in [1.807, 2.05) is 46.9 Å². The van der Waals surface area contributed by atoms with E-state index in [1.54, 1.807) is 18.9 Å². The lowest BCUT2D eigenvalue weighted by Gasteiger charge is -2.07. The molecule has 1 heterocycles. The Morgan fingerprint density at radius 1 is 1.35 bits per heavy atom. The van der Waals surface area contributed by atoms with E-state index in [1.165, 1.54) is 4.90 Å². The van der Waals surface area contributed by atoms with Crippen LogP contribution in [-0.2, 0) is 11.3 Å². The SMILES string of the molecule is CCSc1ccc(-c2nc(COC)c(I)c(=O)[nH]2)cc1. The van der Waals surface area contributed by atoms with Gasteiger partial charge in [0.05, 0.1) is 12.3 Å². The lowest BCUT2D eigenvalue weighted by Crippen LogP contribution is -2.16. The zero-order chi connectivity index (χ0) is 14.5. The molecule has 0 aliphatic heterocycles. The normalized spacial score (nSPS) is 10.8. The molecule has 0 radical (unpaired) electrons. The Bertz CT molecular complexity index is 641. The summed E-state index contributed by atoms with van der Waals surface area (Å²) in [7, 11) is 1.59. The van der Waals surface area contributed by atoms with E-state index in [2.05, 4.69) is 16.9 Å². The number of nitrogens with one attached hydrogen (secondary N) is 1. The zero-order valence-corrected chi connectivity index (χ0v) is 14.2. The van der Waals surface area contributed by atoms with Crippen LogP contribution in [0.2, 0.25) is 0 Å². The van der Waals surface area contributed by atoms with Crippen molar-refractivity contribution in [2.24, 2.45) is 0 Å². The molecule has 1 aromatic carbocycles. The van der Waals surface area contributed by atoms with Crippen molar-refractivity contribution in [3.8, 4) is 11.4 Å². The number of halogens is 1. The number of H-pyrrole nitrogens is 1. The minimum atomic E-state index is -0.130. The molecule has 1 N–H and O–H groups in total. The predicted molar refractivity (Wildman–Crippen MR) is 90.1 cm³/mol. The van der Waals surface area contributed by atoms with Crippen molar-refractivity contribution in [3.63, 3.8) is 0 Å². The summed E-state index contributed by atoms with van der Waals surface area (Å²) in [5, 5.41) is 0. The van der Waals surface area contributed by atoms with Crippen molar-refractivity contribution >= 4 is 34.4 Å². The van der Waals surface area contributed by atoms with Crippen molar-refractivity contribution in [3.05, 3.63) is 43.9 Å². The fourth-order valence-electron chi connectivity index (χ4n) is 1.75. The Morgan fingerprint density at radius 2 is 2.05 bits per heavy atom. The van der Waals surface area contributed by atoms with Gasteiger partial charge in [0.15, 0.2) is 0 Å². The fraction of sp³-hybridized carbons (Fsp3) is 0.286. The van der Waals surface area contributed by atoms with Gasteiger partial charge in [-0.1, -0.05) is 19.1 Å². The van der Waals surface area contributed by atoms with Gasteiger partial charge in [-0.25, -0.2) is 4.98 Å². The third-order valence-electron chi connectivity index (χ3n) is 2.65. The minimum absolute atomic E-state index is 0.130. The molecule has 2 rings (SSSR count). The van der Waals surface area contributed by atoms with Gasteiger partial charge in [0.2, 0.25) is 0 Å². The van der Waals surface area contributed by atoms with E-state index in [4.69, 9.17) is 4.74 Å². The van der Waals surface area contributed by atoms with E-state index >= 15 is 0 Å². The van der Waals surface area contributed by atoms with Crippen LogP contribution in [0.1, 0.15) is 12.6 Å². The zero-order valence-electron chi connectivity index (χ0n) is 11.3. The average molecular weight is 402 g/mol. The molecule has 1 aromatic heterocycles. The number of ether oxygens (including phenoxy) is 1. The second-order valence-corrected chi connectivity index (χ2v) is 6.48. The molecular formula is C14H15IN2O2S. The highest BCUT2D eigenvalue weighted by Crippen LogP contribution is 2.22. The first-order chi connectivity index (χ1) is 9.65. The second-order valence-electron chi connectivity index (χ2n) is 4.07. The maximum absolute atomic E-state index is 11.9. The van der Waals surface area contributed by atoms with Gasteiger partial charge in [-0.05, 0) is 40.5 Å². The number of nitrogens with zero attached hydrogens (tertiary/aromatic N) is 1. The van der Waals surface area contributed by atoms with Crippen LogP contribution >= 0.6 is 34.4 Å². The van der Waals surface area contributed by atoms with Crippen molar-refractivity contribution in [1.29, 1.82) is 0 Å². The van der Waals surface area contributed by atoms with Gasteiger partial charge in [-0.2, -0.15) is 0 Å². The number of hydrogen-bond acceptors (Lipinski definition) is 4. The molecule has 0 atom stereocenters. The number of rotatable bonds is 5. The number of hydrogen-bond donors (Lipinski definition) is 1. The third kappa shape index (κ3) is 3.62. The predicted octanol–water partition coefficient (Wildman–Crippen LogP) is 3.30. The van der Waals surface area contributed by atoms with Gasteiger partial charge in [-0.3, -0.25) is 4.79 Å². The van der Waals surface area contributed by atoms with E-state index < -0.39 is 0 Å². The minimum Gasteiger partial charge on any atom is -0.378 e. The molecule has 2 aromatic rings. The fourth-order valence-corrected chi connectivity index (χ4v) is 2.82. The van der Waals surface area contributed by atoms with E-state index in [9.17, 15) is 4.79 Å². The average Bonchev–Trinajstić information content (AvgIpc) is 2.45. The van der Waals surface area contributed by atoms with Gasteiger partial charge in [0, 0.05) is 17.6 Å². The summed E-state index contributed by atoms with van der Waals surface area (Å²) in [6, 6.07) is 8.02. The maximum atomic E-state index is 11.9. The largest absolute Gasteiger partial charge is 0.378 e. The Balaban J connectivity index is 2.39. The summed E-state index contributed by atoms with van der Waals surface area (Å²) in [4.78, 5) is 20.4. The molecule has 0 fully saturated rings. The van der Waals surface area contributed by atoms with Crippen LogP contribution in [-0.4, -0.2) is 22.8 Å². The highest BCUT2D eigenvalue weighted by molar-refractivity contribution is 14.1. The maximum Gasteiger partial charge on any atom is 0.264 e.